The maximum Gasteiger partial charge on any atom is 0.0445 e. The Morgan fingerprint density at radius 2 is 2.07 bits per heavy atom. The summed E-state index contributed by atoms with van der Waals surface area (Å²) in [6, 6.07) is 8.84. The van der Waals surface area contributed by atoms with Gasteiger partial charge in [0.2, 0.25) is 0 Å². The predicted molar refractivity (Wildman–Crippen MR) is 66.2 cm³/mol. The van der Waals surface area contributed by atoms with Gasteiger partial charge in [0.15, 0.2) is 0 Å². The maximum atomic E-state index is 2.27. The number of rotatable bonds is 4. The molecule has 0 aliphatic rings. The zero-order valence-corrected chi connectivity index (χ0v) is 9.96. The van der Waals surface area contributed by atoms with E-state index in [2.05, 4.69) is 36.6 Å². The van der Waals surface area contributed by atoms with E-state index in [-0.39, 0.29) is 0 Å². The molecular weight excluding hydrogens is 208 g/mol. The summed E-state index contributed by atoms with van der Waals surface area (Å²) in [7, 11) is 0. The number of hydrogen-bond donors (Lipinski definition) is 0. The van der Waals surface area contributed by atoms with Gasteiger partial charge in [-0.25, -0.2) is 0 Å². The molecule has 0 N–H and O–H groups in total. The zero-order chi connectivity index (χ0) is 9.80. The fourth-order valence-corrected chi connectivity index (χ4v) is 3.30. The molecular formula is C12H14S2. The van der Waals surface area contributed by atoms with Crippen molar-refractivity contribution in [1.82, 2.24) is 0 Å². The lowest BCUT2D eigenvalue weighted by Gasteiger charge is -1.92. The first-order chi connectivity index (χ1) is 6.90. The third-order valence-corrected chi connectivity index (χ3v) is 4.41. The SMILES string of the molecule is CCCCc1ccc(-c2cccs2)s1. The highest BCUT2D eigenvalue weighted by Crippen LogP contribution is 2.31. The van der Waals surface area contributed by atoms with Crippen molar-refractivity contribution in [3.05, 3.63) is 34.5 Å². The summed E-state index contributed by atoms with van der Waals surface area (Å²) in [5, 5.41) is 2.14. The summed E-state index contributed by atoms with van der Waals surface area (Å²) in [5.41, 5.74) is 0. The minimum Gasteiger partial charge on any atom is -0.143 e. The molecule has 0 saturated carbocycles. The van der Waals surface area contributed by atoms with Crippen LogP contribution < -0.4 is 0 Å². The van der Waals surface area contributed by atoms with Gasteiger partial charge in [-0.3, -0.25) is 0 Å². The van der Waals surface area contributed by atoms with Gasteiger partial charge in [-0.05, 0) is 36.4 Å². The maximum absolute atomic E-state index is 2.27. The second kappa shape index (κ2) is 4.76. The molecule has 0 atom stereocenters. The first kappa shape index (κ1) is 9.94. The predicted octanol–water partition coefficient (Wildman–Crippen LogP) is 4.82. The molecule has 0 aliphatic carbocycles. The van der Waals surface area contributed by atoms with Gasteiger partial charge in [-0.15, -0.1) is 22.7 Å². The number of unbranched alkanes of at least 4 members (excludes halogenated alkanes) is 1. The Labute approximate surface area is 93.2 Å². The third kappa shape index (κ3) is 2.25. The smallest absolute Gasteiger partial charge is 0.0445 e. The minimum absolute atomic E-state index is 1.24. The topological polar surface area (TPSA) is 0 Å². The monoisotopic (exact) mass is 222 g/mol. The number of aryl methyl sites for hydroxylation is 1. The third-order valence-electron chi connectivity index (χ3n) is 2.20. The van der Waals surface area contributed by atoms with Crippen molar-refractivity contribution in [1.29, 1.82) is 0 Å². The lowest BCUT2D eigenvalue weighted by Crippen LogP contribution is -1.76. The Bertz CT molecular complexity index is 371. The largest absolute Gasteiger partial charge is 0.143 e. The van der Waals surface area contributed by atoms with E-state index in [0.29, 0.717) is 0 Å². The van der Waals surface area contributed by atoms with Crippen LogP contribution in [0.2, 0.25) is 0 Å². The molecule has 2 heterocycles. The van der Waals surface area contributed by atoms with Crippen molar-refractivity contribution in [2.45, 2.75) is 26.2 Å². The van der Waals surface area contributed by atoms with E-state index in [1.807, 2.05) is 22.7 Å². The molecule has 2 aromatic rings. The number of thiophene rings is 2. The Hall–Kier alpha value is -0.600. The van der Waals surface area contributed by atoms with Crippen molar-refractivity contribution < 1.29 is 0 Å². The number of hydrogen-bond acceptors (Lipinski definition) is 2. The molecule has 0 bridgehead atoms. The fraction of sp³-hybridized carbons (Fsp3) is 0.333. The Balaban J connectivity index is 2.10. The van der Waals surface area contributed by atoms with Crippen LogP contribution >= 0.6 is 22.7 Å². The fourth-order valence-electron chi connectivity index (χ4n) is 1.41. The van der Waals surface area contributed by atoms with Crippen LogP contribution in [0.5, 0.6) is 0 Å². The van der Waals surface area contributed by atoms with Crippen molar-refractivity contribution in [3.63, 3.8) is 0 Å². The molecule has 74 valence electrons. The van der Waals surface area contributed by atoms with Gasteiger partial charge in [-0.2, -0.15) is 0 Å². The van der Waals surface area contributed by atoms with Crippen molar-refractivity contribution in [2.24, 2.45) is 0 Å². The highest BCUT2D eigenvalue weighted by atomic mass is 32.1. The van der Waals surface area contributed by atoms with Crippen molar-refractivity contribution in [2.75, 3.05) is 0 Å². The highest BCUT2D eigenvalue weighted by molar-refractivity contribution is 7.21. The molecule has 0 aliphatic heterocycles. The van der Waals surface area contributed by atoms with Gasteiger partial charge >= 0.3 is 0 Å². The first-order valence-corrected chi connectivity index (χ1v) is 6.72. The second-order valence-corrected chi connectivity index (χ2v) is 5.46. The van der Waals surface area contributed by atoms with Gasteiger partial charge in [0.05, 0.1) is 0 Å². The zero-order valence-electron chi connectivity index (χ0n) is 8.32. The van der Waals surface area contributed by atoms with Crippen LogP contribution in [-0.2, 0) is 6.42 Å². The molecule has 2 rings (SSSR count). The standard InChI is InChI=1S/C12H14S2/c1-2-3-5-10-7-8-12(14-10)11-6-4-9-13-11/h4,6-9H,2-3,5H2,1H3. The second-order valence-electron chi connectivity index (χ2n) is 3.35. The van der Waals surface area contributed by atoms with Gasteiger partial charge < -0.3 is 0 Å². The van der Waals surface area contributed by atoms with Crippen LogP contribution in [0.25, 0.3) is 9.75 Å². The van der Waals surface area contributed by atoms with Crippen LogP contribution in [0.4, 0.5) is 0 Å². The Kier molecular flexibility index (Phi) is 3.38. The average Bonchev–Trinajstić information content (AvgIpc) is 2.85. The molecule has 14 heavy (non-hydrogen) atoms. The lowest BCUT2D eigenvalue weighted by atomic mass is 10.2. The lowest BCUT2D eigenvalue weighted by molar-refractivity contribution is 0.804. The van der Waals surface area contributed by atoms with Crippen LogP contribution in [0, 0.1) is 0 Å². The van der Waals surface area contributed by atoms with Crippen molar-refractivity contribution >= 4 is 22.7 Å². The van der Waals surface area contributed by atoms with Crippen LogP contribution in [0.3, 0.4) is 0 Å². The van der Waals surface area contributed by atoms with E-state index in [1.54, 1.807) is 0 Å². The summed E-state index contributed by atoms with van der Waals surface area (Å²) in [6.07, 6.45) is 3.84. The van der Waals surface area contributed by atoms with Crippen LogP contribution in [0.15, 0.2) is 29.6 Å². The van der Waals surface area contributed by atoms with Crippen LogP contribution in [0.1, 0.15) is 24.6 Å². The molecule has 0 spiro atoms. The Morgan fingerprint density at radius 3 is 2.79 bits per heavy atom. The van der Waals surface area contributed by atoms with E-state index >= 15 is 0 Å². The average molecular weight is 222 g/mol. The van der Waals surface area contributed by atoms with E-state index in [0.717, 1.165) is 0 Å². The molecule has 0 nitrogen and oxygen atoms in total. The quantitative estimate of drug-likeness (QED) is 0.695. The molecule has 0 radical (unpaired) electrons. The minimum atomic E-state index is 1.24. The van der Waals surface area contributed by atoms with E-state index in [1.165, 1.54) is 33.9 Å². The summed E-state index contributed by atoms with van der Waals surface area (Å²) in [6.45, 7) is 2.24. The molecule has 2 aromatic heterocycles. The summed E-state index contributed by atoms with van der Waals surface area (Å²) in [4.78, 5) is 4.35. The summed E-state index contributed by atoms with van der Waals surface area (Å²) in [5.74, 6) is 0. The van der Waals surface area contributed by atoms with Gasteiger partial charge in [0, 0.05) is 14.6 Å². The molecule has 0 fully saturated rings. The first-order valence-electron chi connectivity index (χ1n) is 5.02. The van der Waals surface area contributed by atoms with E-state index in [9.17, 15) is 0 Å². The van der Waals surface area contributed by atoms with E-state index in [4.69, 9.17) is 0 Å². The summed E-state index contributed by atoms with van der Waals surface area (Å²) < 4.78 is 0. The molecule has 0 aromatic carbocycles. The van der Waals surface area contributed by atoms with Gasteiger partial charge in [0.1, 0.15) is 0 Å². The van der Waals surface area contributed by atoms with E-state index < -0.39 is 0 Å². The molecule has 0 saturated heterocycles. The molecule has 2 heteroatoms. The normalized spacial score (nSPS) is 10.6. The van der Waals surface area contributed by atoms with Crippen LogP contribution in [-0.4, -0.2) is 0 Å². The molecule has 0 amide bonds. The molecule has 0 unspecified atom stereocenters. The van der Waals surface area contributed by atoms with Gasteiger partial charge in [0.25, 0.3) is 0 Å². The Morgan fingerprint density at radius 1 is 1.14 bits per heavy atom. The van der Waals surface area contributed by atoms with Crippen molar-refractivity contribution in [3.8, 4) is 9.75 Å². The van der Waals surface area contributed by atoms with Gasteiger partial charge in [-0.1, -0.05) is 19.4 Å². The summed E-state index contributed by atoms with van der Waals surface area (Å²) >= 11 is 3.76. The highest BCUT2D eigenvalue weighted by Gasteiger charge is 2.02.